The Morgan fingerprint density at radius 3 is 2.31 bits per heavy atom. The zero-order valence-electron chi connectivity index (χ0n) is 16.5. The molecule has 0 atom stereocenters. The molecule has 0 bridgehead atoms. The van der Waals surface area contributed by atoms with Crippen LogP contribution in [-0.4, -0.2) is 69.7 Å². The molecule has 9 heteroatoms. The van der Waals surface area contributed by atoms with Gasteiger partial charge in [0.2, 0.25) is 11.9 Å². The van der Waals surface area contributed by atoms with Gasteiger partial charge in [0, 0.05) is 51.0 Å². The summed E-state index contributed by atoms with van der Waals surface area (Å²) in [4.78, 5) is 17.8. The van der Waals surface area contributed by atoms with Gasteiger partial charge in [0.25, 0.3) is 0 Å². The number of benzene rings is 1. The highest BCUT2D eigenvalue weighted by Gasteiger charge is 2.25. The number of rotatable bonds is 3. The minimum Gasteiger partial charge on any atom is -0.371 e. The van der Waals surface area contributed by atoms with Gasteiger partial charge in [0.15, 0.2) is 5.65 Å². The fraction of sp³-hybridized carbons (Fsp3) is 0.450. The monoisotopic (exact) mass is 393 g/mol. The summed E-state index contributed by atoms with van der Waals surface area (Å²) in [6.07, 6.45) is 4.04. The zero-order valence-corrected chi connectivity index (χ0v) is 16.5. The number of imidazole rings is 1. The topological polar surface area (TPSA) is 114 Å². The summed E-state index contributed by atoms with van der Waals surface area (Å²) in [5.74, 6) is 0.590. The SMILES string of the molecule is Nc1ncc2nc(N)n(-c3ccc(N4CCC(N5CCNCC5)CC4)cc3)c2n1. The third kappa shape index (κ3) is 3.47. The first kappa shape index (κ1) is 18.1. The summed E-state index contributed by atoms with van der Waals surface area (Å²) in [7, 11) is 0. The lowest BCUT2D eigenvalue weighted by atomic mass is 10.0. The van der Waals surface area contributed by atoms with Crippen LogP contribution in [0.5, 0.6) is 0 Å². The number of nitrogens with one attached hydrogen (secondary N) is 1. The van der Waals surface area contributed by atoms with Crippen molar-refractivity contribution >= 4 is 28.7 Å². The summed E-state index contributed by atoms with van der Waals surface area (Å²) in [6.45, 7) is 6.76. The Balaban J connectivity index is 1.31. The number of aromatic nitrogens is 4. The number of piperidine rings is 1. The third-order valence-corrected chi connectivity index (χ3v) is 6.05. The van der Waals surface area contributed by atoms with E-state index >= 15 is 0 Å². The summed E-state index contributed by atoms with van der Waals surface area (Å²) in [5, 5.41) is 3.44. The van der Waals surface area contributed by atoms with E-state index in [1.54, 1.807) is 6.20 Å². The first-order valence-electron chi connectivity index (χ1n) is 10.3. The lowest BCUT2D eigenvalue weighted by Gasteiger charge is -2.41. The lowest BCUT2D eigenvalue weighted by molar-refractivity contribution is 0.150. The molecule has 2 saturated heterocycles. The van der Waals surface area contributed by atoms with Gasteiger partial charge < -0.3 is 21.7 Å². The van der Waals surface area contributed by atoms with Crippen molar-refractivity contribution in [1.82, 2.24) is 29.7 Å². The van der Waals surface area contributed by atoms with Crippen LogP contribution < -0.4 is 21.7 Å². The minimum atomic E-state index is 0.211. The average Bonchev–Trinajstić information content (AvgIpc) is 3.09. The Labute approximate surface area is 169 Å². The molecule has 0 unspecified atom stereocenters. The number of hydrogen-bond donors (Lipinski definition) is 3. The fourth-order valence-electron chi connectivity index (χ4n) is 4.51. The maximum atomic E-state index is 6.13. The van der Waals surface area contributed by atoms with Crippen molar-refractivity contribution in [3.63, 3.8) is 0 Å². The van der Waals surface area contributed by atoms with Crippen LogP contribution in [0.1, 0.15) is 12.8 Å². The van der Waals surface area contributed by atoms with Crippen LogP contribution in [0, 0.1) is 0 Å². The molecule has 1 aromatic carbocycles. The first-order valence-corrected chi connectivity index (χ1v) is 10.3. The van der Waals surface area contributed by atoms with Crippen LogP contribution in [0.3, 0.4) is 0 Å². The van der Waals surface area contributed by atoms with Gasteiger partial charge in [0.1, 0.15) is 5.52 Å². The highest BCUT2D eigenvalue weighted by atomic mass is 15.2. The van der Waals surface area contributed by atoms with Crippen LogP contribution in [0.25, 0.3) is 16.9 Å². The number of piperazine rings is 1. The van der Waals surface area contributed by atoms with Gasteiger partial charge in [-0.1, -0.05) is 0 Å². The highest BCUT2D eigenvalue weighted by Crippen LogP contribution is 2.26. The second-order valence-electron chi connectivity index (χ2n) is 7.76. The van der Waals surface area contributed by atoms with Crippen molar-refractivity contribution < 1.29 is 0 Å². The maximum absolute atomic E-state index is 6.13. The van der Waals surface area contributed by atoms with Crippen molar-refractivity contribution in [2.75, 3.05) is 55.6 Å². The second kappa shape index (κ2) is 7.49. The maximum Gasteiger partial charge on any atom is 0.222 e. The molecule has 4 heterocycles. The first-order chi connectivity index (χ1) is 14.2. The molecule has 0 spiro atoms. The van der Waals surface area contributed by atoms with Crippen molar-refractivity contribution in [3.05, 3.63) is 30.5 Å². The number of nitrogens with zero attached hydrogens (tertiary/aromatic N) is 6. The number of fused-ring (bicyclic) bond motifs is 1. The van der Waals surface area contributed by atoms with Gasteiger partial charge in [-0.3, -0.25) is 9.47 Å². The quantitative estimate of drug-likeness (QED) is 0.600. The van der Waals surface area contributed by atoms with E-state index in [9.17, 15) is 0 Å². The van der Waals surface area contributed by atoms with E-state index in [4.69, 9.17) is 11.5 Å². The number of anilines is 3. The molecule has 5 N–H and O–H groups in total. The Bertz CT molecular complexity index is 983. The fourth-order valence-corrected chi connectivity index (χ4v) is 4.51. The van der Waals surface area contributed by atoms with Crippen LogP contribution >= 0.6 is 0 Å². The molecule has 0 radical (unpaired) electrons. The molecule has 29 heavy (non-hydrogen) atoms. The molecule has 0 amide bonds. The molecule has 5 rings (SSSR count). The van der Waals surface area contributed by atoms with Gasteiger partial charge in [-0.15, -0.1) is 0 Å². The normalized spacial score (nSPS) is 19.1. The van der Waals surface area contributed by atoms with Crippen molar-refractivity contribution in [2.24, 2.45) is 0 Å². The molecule has 2 fully saturated rings. The summed E-state index contributed by atoms with van der Waals surface area (Å²) in [5.41, 5.74) is 15.3. The predicted molar refractivity (Wildman–Crippen MR) is 115 cm³/mol. The van der Waals surface area contributed by atoms with Gasteiger partial charge in [-0.05, 0) is 37.1 Å². The van der Waals surface area contributed by atoms with Gasteiger partial charge in [0.05, 0.1) is 11.9 Å². The van der Waals surface area contributed by atoms with Crippen molar-refractivity contribution in [2.45, 2.75) is 18.9 Å². The summed E-state index contributed by atoms with van der Waals surface area (Å²) >= 11 is 0. The van der Waals surface area contributed by atoms with Gasteiger partial charge in [-0.25, -0.2) is 9.97 Å². The molecule has 2 aliphatic heterocycles. The van der Waals surface area contributed by atoms with E-state index in [2.05, 4.69) is 54.3 Å². The molecule has 2 aliphatic rings. The van der Waals surface area contributed by atoms with E-state index in [1.807, 2.05) is 4.57 Å². The highest BCUT2D eigenvalue weighted by molar-refractivity contribution is 5.77. The Kier molecular flexibility index (Phi) is 4.69. The molecule has 0 saturated carbocycles. The molecular weight excluding hydrogens is 366 g/mol. The average molecular weight is 393 g/mol. The van der Waals surface area contributed by atoms with Crippen LogP contribution in [0.2, 0.25) is 0 Å². The standard InChI is InChI=1S/C20H27N9/c21-19-24-13-17-18(26-19)29(20(22)25-17)16-3-1-14(2-4-16)27-9-5-15(6-10-27)28-11-7-23-8-12-28/h1-4,13,15,23H,5-12H2,(H2,22,25)(H2,21,24,26). The molecule has 0 aliphatic carbocycles. The summed E-state index contributed by atoms with van der Waals surface area (Å²) < 4.78 is 1.81. The van der Waals surface area contributed by atoms with Crippen LogP contribution in [0.15, 0.2) is 30.5 Å². The Morgan fingerprint density at radius 1 is 0.897 bits per heavy atom. The molecule has 3 aromatic rings. The third-order valence-electron chi connectivity index (χ3n) is 6.05. The smallest absolute Gasteiger partial charge is 0.222 e. The number of nitrogens with two attached hydrogens (primary N) is 2. The molecule has 2 aromatic heterocycles. The van der Waals surface area contributed by atoms with E-state index < -0.39 is 0 Å². The van der Waals surface area contributed by atoms with Gasteiger partial charge in [-0.2, -0.15) is 4.98 Å². The molecule has 9 nitrogen and oxygen atoms in total. The van der Waals surface area contributed by atoms with Crippen LogP contribution in [-0.2, 0) is 0 Å². The van der Waals surface area contributed by atoms with E-state index in [0.717, 1.165) is 37.9 Å². The molecular formula is C20H27N9. The predicted octanol–water partition coefficient (Wildman–Crippen LogP) is 0.854. The van der Waals surface area contributed by atoms with E-state index in [-0.39, 0.29) is 5.95 Å². The molecule has 152 valence electrons. The van der Waals surface area contributed by atoms with E-state index in [1.165, 1.54) is 31.6 Å². The van der Waals surface area contributed by atoms with E-state index in [0.29, 0.717) is 17.1 Å². The number of nitrogen functional groups attached to an aromatic ring is 2. The Hall–Kier alpha value is -2.91. The van der Waals surface area contributed by atoms with Crippen molar-refractivity contribution in [1.29, 1.82) is 0 Å². The van der Waals surface area contributed by atoms with Crippen molar-refractivity contribution in [3.8, 4) is 5.69 Å². The van der Waals surface area contributed by atoms with Crippen LogP contribution in [0.4, 0.5) is 17.6 Å². The second-order valence-corrected chi connectivity index (χ2v) is 7.76. The van der Waals surface area contributed by atoms with Gasteiger partial charge >= 0.3 is 0 Å². The largest absolute Gasteiger partial charge is 0.371 e. The summed E-state index contributed by atoms with van der Waals surface area (Å²) in [6, 6.07) is 9.14. The lowest BCUT2D eigenvalue weighted by Crippen LogP contribution is -2.52. The Morgan fingerprint density at radius 2 is 1.59 bits per heavy atom. The zero-order chi connectivity index (χ0) is 19.8. The minimum absolute atomic E-state index is 0.211. The number of hydrogen-bond acceptors (Lipinski definition) is 8.